The zero-order valence-electron chi connectivity index (χ0n) is 14.1. The highest BCUT2D eigenvalue weighted by atomic mass is 19.1. The first-order chi connectivity index (χ1) is 12.4. The van der Waals surface area contributed by atoms with Crippen LogP contribution in [0.25, 0.3) is 10.9 Å². The smallest absolute Gasteiger partial charge is 0.326 e. The number of rotatable bonds is 9. The van der Waals surface area contributed by atoms with Gasteiger partial charge in [0.25, 0.3) is 0 Å². The summed E-state index contributed by atoms with van der Waals surface area (Å²) in [6.07, 6.45) is 2.34. The van der Waals surface area contributed by atoms with E-state index < -0.39 is 23.9 Å². The molecule has 2 aromatic rings. The van der Waals surface area contributed by atoms with Crippen LogP contribution in [0.2, 0.25) is 0 Å². The minimum absolute atomic E-state index is 0.0591. The van der Waals surface area contributed by atoms with Gasteiger partial charge in [-0.15, -0.1) is 0 Å². The molecule has 0 saturated heterocycles. The van der Waals surface area contributed by atoms with Crippen molar-refractivity contribution in [3.8, 4) is 0 Å². The number of hydrogen-bond donors (Lipinski definition) is 4. The van der Waals surface area contributed by atoms with Gasteiger partial charge in [-0.1, -0.05) is 0 Å². The average molecular weight is 364 g/mol. The molecule has 0 saturated carbocycles. The SMILES string of the molecule is NC(=O)NCCC[C@H](NC(=O)CCn1ccc2ccc(F)cc21)C(=O)O. The molecule has 3 amide bonds. The number of nitrogens with zero attached hydrogens (tertiary/aromatic N) is 1. The molecule has 0 radical (unpaired) electrons. The second kappa shape index (κ2) is 8.84. The fourth-order valence-electron chi connectivity index (χ4n) is 2.62. The lowest BCUT2D eigenvalue weighted by Crippen LogP contribution is -2.41. The maximum absolute atomic E-state index is 13.4. The fourth-order valence-corrected chi connectivity index (χ4v) is 2.62. The number of aliphatic carboxylic acids is 1. The molecule has 0 spiro atoms. The molecule has 0 unspecified atom stereocenters. The van der Waals surface area contributed by atoms with Gasteiger partial charge in [0.15, 0.2) is 0 Å². The van der Waals surface area contributed by atoms with Crippen LogP contribution in [-0.4, -0.2) is 40.2 Å². The zero-order valence-corrected chi connectivity index (χ0v) is 14.1. The van der Waals surface area contributed by atoms with Crippen molar-refractivity contribution in [3.63, 3.8) is 0 Å². The number of hydrogen-bond acceptors (Lipinski definition) is 3. The number of carboxylic acid groups (broad SMARTS) is 1. The van der Waals surface area contributed by atoms with E-state index in [1.54, 1.807) is 16.8 Å². The van der Waals surface area contributed by atoms with E-state index >= 15 is 0 Å². The van der Waals surface area contributed by atoms with Gasteiger partial charge < -0.3 is 26.0 Å². The Bertz CT molecular complexity index is 805. The third kappa shape index (κ3) is 5.47. The van der Waals surface area contributed by atoms with Crippen LogP contribution in [0.1, 0.15) is 19.3 Å². The van der Waals surface area contributed by atoms with Crippen LogP contribution < -0.4 is 16.4 Å². The van der Waals surface area contributed by atoms with E-state index in [1.165, 1.54) is 12.1 Å². The van der Waals surface area contributed by atoms with Crippen LogP contribution in [0.4, 0.5) is 9.18 Å². The molecule has 5 N–H and O–H groups in total. The molecule has 9 heteroatoms. The lowest BCUT2D eigenvalue weighted by molar-refractivity contribution is -0.142. The minimum atomic E-state index is -1.15. The highest BCUT2D eigenvalue weighted by Crippen LogP contribution is 2.17. The summed E-state index contributed by atoms with van der Waals surface area (Å²) in [6.45, 7) is 0.532. The van der Waals surface area contributed by atoms with Crippen molar-refractivity contribution in [1.82, 2.24) is 15.2 Å². The van der Waals surface area contributed by atoms with E-state index in [1.807, 2.05) is 6.07 Å². The molecule has 1 aromatic carbocycles. The number of fused-ring (bicyclic) bond motifs is 1. The summed E-state index contributed by atoms with van der Waals surface area (Å²) in [5, 5.41) is 14.9. The van der Waals surface area contributed by atoms with Crippen LogP contribution in [-0.2, 0) is 16.1 Å². The first kappa shape index (κ1) is 19.2. The molecule has 0 aliphatic carbocycles. The Morgan fingerprint density at radius 1 is 1.27 bits per heavy atom. The second-order valence-corrected chi connectivity index (χ2v) is 5.85. The van der Waals surface area contributed by atoms with Crippen molar-refractivity contribution in [2.45, 2.75) is 31.8 Å². The normalized spacial score (nSPS) is 11.9. The van der Waals surface area contributed by atoms with Crippen molar-refractivity contribution in [3.05, 3.63) is 36.3 Å². The summed E-state index contributed by atoms with van der Waals surface area (Å²) >= 11 is 0. The van der Waals surface area contributed by atoms with Crippen molar-refractivity contribution >= 4 is 28.8 Å². The third-order valence-electron chi connectivity index (χ3n) is 3.92. The Morgan fingerprint density at radius 3 is 2.73 bits per heavy atom. The number of urea groups is 1. The van der Waals surface area contributed by atoms with Gasteiger partial charge in [-0.2, -0.15) is 0 Å². The molecule has 26 heavy (non-hydrogen) atoms. The maximum atomic E-state index is 13.4. The summed E-state index contributed by atoms with van der Waals surface area (Å²) in [4.78, 5) is 33.8. The first-order valence-corrected chi connectivity index (χ1v) is 8.16. The number of aromatic nitrogens is 1. The summed E-state index contributed by atoms with van der Waals surface area (Å²) in [5.41, 5.74) is 5.59. The molecule has 1 aromatic heterocycles. The van der Waals surface area contributed by atoms with Crippen LogP contribution in [0, 0.1) is 5.82 Å². The lowest BCUT2D eigenvalue weighted by Gasteiger charge is -2.15. The van der Waals surface area contributed by atoms with Gasteiger partial charge in [0.05, 0.1) is 5.52 Å². The summed E-state index contributed by atoms with van der Waals surface area (Å²) < 4.78 is 15.1. The fraction of sp³-hybridized carbons (Fsp3) is 0.353. The van der Waals surface area contributed by atoms with Crippen LogP contribution in [0.15, 0.2) is 30.5 Å². The minimum Gasteiger partial charge on any atom is -0.480 e. The number of carbonyl (C=O) groups excluding carboxylic acids is 2. The lowest BCUT2D eigenvalue weighted by atomic mass is 10.1. The van der Waals surface area contributed by atoms with Gasteiger partial charge in [0.2, 0.25) is 5.91 Å². The van der Waals surface area contributed by atoms with E-state index in [9.17, 15) is 23.9 Å². The Kier molecular flexibility index (Phi) is 6.54. The Balaban J connectivity index is 1.86. The van der Waals surface area contributed by atoms with Gasteiger partial charge in [0, 0.05) is 25.7 Å². The number of benzene rings is 1. The molecule has 0 aliphatic heterocycles. The largest absolute Gasteiger partial charge is 0.480 e. The van der Waals surface area contributed by atoms with Gasteiger partial charge >= 0.3 is 12.0 Å². The number of carboxylic acids is 1. The topological polar surface area (TPSA) is 126 Å². The number of halogens is 1. The average Bonchev–Trinajstić information content (AvgIpc) is 2.97. The monoisotopic (exact) mass is 364 g/mol. The molecule has 0 bridgehead atoms. The molecule has 140 valence electrons. The Labute approximate surface area is 149 Å². The van der Waals surface area contributed by atoms with Crippen LogP contribution in [0.5, 0.6) is 0 Å². The standard InChI is InChI=1S/C17H21FN4O4/c18-12-4-3-11-5-8-22(14(11)10-12)9-6-15(23)21-13(16(24)25)2-1-7-20-17(19)26/h3-5,8,10,13H,1-2,6-7,9H2,(H,21,23)(H,24,25)(H3,19,20,26)/t13-/m0/s1. The Morgan fingerprint density at radius 2 is 2.04 bits per heavy atom. The molecule has 1 heterocycles. The summed E-state index contributed by atoms with van der Waals surface area (Å²) in [5.74, 6) is -1.93. The number of primary amides is 1. The molecular weight excluding hydrogens is 343 g/mol. The number of amides is 3. The number of carbonyl (C=O) groups is 3. The molecule has 0 fully saturated rings. The third-order valence-corrected chi connectivity index (χ3v) is 3.92. The van der Waals surface area contributed by atoms with Crippen LogP contribution >= 0.6 is 0 Å². The predicted molar refractivity (Wildman–Crippen MR) is 92.9 cm³/mol. The van der Waals surface area contributed by atoms with E-state index in [-0.39, 0.29) is 25.2 Å². The summed E-state index contributed by atoms with van der Waals surface area (Å²) in [6, 6.07) is 4.50. The van der Waals surface area contributed by atoms with Gasteiger partial charge in [0.1, 0.15) is 11.9 Å². The Hall–Kier alpha value is -3.10. The molecular formula is C17H21FN4O4. The van der Waals surface area contributed by atoms with Gasteiger partial charge in [-0.3, -0.25) is 4.79 Å². The maximum Gasteiger partial charge on any atom is 0.326 e. The second-order valence-electron chi connectivity index (χ2n) is 5.85. The van der Waals surface area contributed by atoms with E-state index in [4.69, 9.17) is 5.73 Å². The zero-order chi connectivity index (χ0) is 19.1. The number of nitrogens with one attached hydrogen (secondary N) is 2. The highest BCUT2D eigenvalue weighted by Gasteiger charge is 2.19. The van der Waals surface area contributed by atoms with Gasteiger partial charge in [-0.05, 0) is 42.5 Å². The molecule has 8 nitrogen and oxygen atoms in total. The van der Waals surface area contributed by atoms with Crippen molar-refractivity contribution in [1.29, 1.82) is 0 Å². The first-order valence-electron chi connectivity index (χ1n) is 8.16. The number of aryl methyl sites for hydroxylation is 1. The van der Waals surface area contributed by atoms with Gasteiger partial charge in [-0.25, -0.2) is 14.0 Å². The molecule has 0 aliphatic rings. The predicted octanol–water partition coefficient (Wildman–Crippen LogP) is 1.19. The van der Waals surface area contributed by atoms with Crippen LogP contribution in [0.3, 0.4) is 0 Å². The van der Waals surface area contributed by atoms with Crippen molar-refractivity contribution in [2.75, 3.05) is 6.54 Å². The molecule has 1 atom stereocenters. The highest BCUT2D eigenvalue weighted by molar-refractivity contribution is 5.84. The molecule has 2 rings (SSSR count). The van der Waals surface area contributed by atoms with E-state index in [0.717, 1.165) is 5.39 Å². The summed E-state index contributed by atoms with van der Waals surface area (Å²) in [7, 11) is 0. The van der Waals surface area contributed by atoms with Crippen molar-refractivity contribution < 1.29 is 23.9 Å². The van der Waals surface area contributed by atoms with Crippen molar-refractivity contribution in [2.24, 2.45) is 5.73 Å². The van der Waals surface area contributed by atoms with E-state index in [2.05, 4.69) is 10.6 Å². The quantitative estimate of drug-likeness (QED) is 0.499. The van der Waals surface area contributed by atoms with E-state index in [0.29, 0.717) is 18.5 Å². The number of nitrogens with two attached hydrogens (primary N) is 1.